The number of aromatic nitrogens is 2. The fraction of sp³-hybridized carbons (Fsp3) is 0.0909. The number of halogens is 1. The summed E-state index contributed by atoms with van der Waals surface area (Å²) < 4.78 is 1.66. The SMILES string of the molecule is Cn1ncc(N/N=C/[C]2[CH][CH][CH][CH]2)c(Br)c1=O. The number of nitrogens with zero attached hydrogens (tertiary/aromatic N) is 3. The topological polar surface area (TPSA) is 59.3 Å². The minimum absolute atomic E-state index is 0.210. The highest BCUT2D eigenvalue weighted by Crippen LogP contribution is 2.21. The number of aryl methyl sites for hydroxylation is 1. The van der Waals surface area contributed by atoms with Gasteiger partial charge in [-0.25, -0.2) is 4.68 Å². The van der Waals surface area contributed by atoms with E-state index in [0.717, 1.165) is 5.92 Å². The fourth-order valence-corrected chi connectivity index (χ4v) is 1.69. The molecule has 1 aliphatic rings. The molecule has 0 amide bonds. The molecule has 0 atom stereocenters. The van der Waals surface area contributed by atoms with Crippen LogP contribution in [-0.2, 0) is 7.05 Å². The standard InChI is InChI=1S/C11H10BrN4O/c1-16-11(17)10(12)9(7-14-16)15-13-6-8-4-2-3-5-8/h2-7,15H,1H3/b13-6+. The minimum Gasteiger partial charge on any atom is -0.276 e. The van der Waals surface area contributed by atoms with Crippen molar-refractivity contribution in [2.75, 3.05) is 5.43 Å². The summed E-state index contributed by atoms with van der Waals surface area (Å²) in [5.74, 6) is 0.991. The first-order valence-corrected chi connectivity index (χ1v) is 5.70. The number of hydrazone groups is 1. The molecule has 0 unspecified atom stereocenters. The lowest BCUT2D eigenvalue weighted by Gasteiger charge is -2.04. The maximum Gasteiger partial charge on any atom is 0.282 e. The third-order valence-electron chi connectivity index (χ3n) is 2.17. The van der Waals surface area contributed by atoms with Gasteiger partial charge in [0.2, 0.25) is 0 Å². The summed E-state index contributed by atoms with van der Waals surface area (Å²) >= 11 is 3.20. The molecule has 1 N–H and O–H groups in total. The van der Waals surface area contributed by atoms with E-state index < -0.39 is 0 Å². The quantitative estimate of drug-likeness (QED) is 0.676. The highest BCUT2D eigenvalue weighted by atomic mass is 79.9. The van der Waals surface area contributed by atoms with Gasteiger partial charge in [-0.15, -0.1) is 0 Å². The fourth-order valence-electron chi connectivity index (χ4n) is 1.24. The highest BCUT2D eigenvalue weighted by Gasteiger charge is 2.14. The highest BCUT2D eigenvalue weighted by molar-refractivity contribution is 9.10. The molecule has 1 aromatic heterocycles. The van der Waals surface area contributed by atoms with Crippen molar-refractivity contribution in [3.05, 3.63) is 52.6 Å². The summed E-state index contributed by atoms with van der Waals surface area (Å²) in [5.41, 5.74) is 3.09. The molecule has 17 heavy (non-hydrogen) atoms. The van der Waals surface area contributed by atoms with Crippen molar-refractivity contribution < 1.29 is 0 Å². The molecule has 0 spiro atoms. The Labute approximate surface area is 108 Å². The zero-order chi connectivity index (χ0) is 12.3. The maximum atomic E-state index is 11.5. The van der Waals surface area contributed by atoms with E-state index in [1.54, 1.807) is 13.3 Å². The van der Waals surface area contributed by atoms with Gasteiger partial charge in [0, 0.05) is 19.2 Å². The number of anilines is 1. The first kappa shape index (κ1) is 12.3. The van der Waals surface area contributed by atoms with E-state index in [-0.39, 0.29) is 5.56 Å². The van der Waals surface area contributed by atoms with Crippen LogP contribution >= 0.6 is 15.9 Å². The zero-order valence-corrected chi connectivity index (χ0v) is 10.7. The van der Waals surface area contributed by atoms with E-state index in [4.69, 9.17) is 0 Å². The Hall–Kier alpha value is -1.17. The van der Waals surface area contributed by atoms with Crippen LogP contribution in [0.1, 0.15) is 0 Å². The number of rotatable bonds is 3. The second-order valence-electron chi connectivity index (χ2n) is 3.39. The van der Waals surface area contributed by atoms with Crippen molar-refractivity contribution in [3.63, 3.8) is 0 Å². The van der Waals surface area contributed by atoms with Gasteiger partial charge >= 0.3 is 0 Å². The molecule has 87 valence electrons. The molecule has 6 heteroatoms. The van der Waals surface area contributed by atoms with Crippen LogP contribution in [0, 0.1) is 31.6 Å². The van der Waals surface area contributed by atoms with Crippen molar-refractivity contribution >= 4 is 27.8 Å². The summed E-state index contributed by atoms with van der Waals surface area (Å²) in [6, 6.07) is 0. The molecule has 5 nitrogen and oxygen atoms in total. The van der Waals surface area contributed by atoms with Crippen molar-refractivity contribution in [2.45, 2.75) is 0 Å². The second kappa shape index (κ2) is 5.44. The lowest BCUT2D eigenvalue weighted by Crippen LogP contribution is -2.20. The molecule has 0 aliphatic heterocycles. The zero-order valence-electron chi connectivity index (χ0n) is 9.09. The van der Waals surface area contributed by atoms with Gasteiger partial charge in [0.25, 0.3) is 5.56 Å². The van der Waals surface area contributed by atoms with Crippen LogP contribution in [0.3, 0.4) is 0 Å². The molecule has 0 saturated heterocycles. The Morgan fingerprint density at radius 1 is 1.47 bits per heavy atom. The summed E-state index contributed by atoms with van der Waals surface area (Å²) in [7, 11) is 1.59. The average molecular weight is 294 g/mol. The van der Waals surface area contributed by atoms with Gasteiger partial charge in [-0.1, -0.05) is 0 Å². The molecule has 1 aromatic rings. The van der Waals surface area contributed by atoms with Crippen LogP contribution in [0.25, 0.3) is 0 Å². The summed E-state index contributed by atoms with van der Waals surface area (Å²) in [4.78, 5) is 11.5. The number of nitrogens with one attached hydrogen (secondary N) is 1. The smallest absolute Gasteiger partial charge is 0.276 e. The van der Waals surface area contributed by atoms with Gasteiger partial charge in [-0.2, -0.15) is 10.2 Å². The van der Waals surface area contributed by atoms with Crippen LogP contribution in [0.5, 0.6) is 0 Å². The van der Waals surface area contributed by atoms with Crippen LogP contribution in [0.15, 0.2) is 20.6 Å². The number of hydrogen-bond acceptors (Lipinski definition) is 4. The van der Waals surface area contributed by atoms with E-state index in [1.807, 2.05) is 25.7 Å². The molecule has 1 aliphatic carbocycles. The van der Waals surface area contributed by atoms with E-state index in [2.05, 4.69) is 31.6 Å². The monoisotopic (exact) mass is 293 g/mol. The van der Waals surface area contributed by atoms with Gasteiger partial charge in [-0.3, -0.25) is 10.2 Å². The predicted octanol–water partition coefficient (Wildman–Crippen LogP) is 1.35. The van der Waals surface area contributed by atoms with Crippen molar-refractivity contribution in [3.8, 4) is 0 Å². The van der Waals surface area contributed by atoms with E-state index in [0.29, 0.717) is 10.2 Å². The van der Waals surface area contributed by atoms with Gasteiger partial charge in [0.05, 0.1) is 11.9 Å². The number of hydrogen-bond donors (Lipinski definition) is 1. The Morgan fingerprint density at radius 2 is 2.18 bits per heavy atom. The van der Waals surface area contributed by atoms with Crippen molar-refractivity contribution in [1.29, 1.82) is 0 Å². The first-order chi connectivity index (χ1) is 8.18. The minimum atomic E-state index is -0.210. The predicted molar refractivity (Wildman–Crippen MR) is 69.7 cm³/mol. The second-order valence-corrected chi connectivity index (χ2v) is 4.18. The Kier molecular flexibility index (Phi) is 3.93. The third-order valence-corrected chi connectivity index (χ3v) is 2.93. The molecule has 5 radical (unpaired) electrons. The third kappa shape index (κ3) is 2.94. The molecule has 0 bridgehead atoms. The molecular weight excluding hydrogens is 284 g/mol. The lowest BCUT2D eigenvalue weighted by molar-refractivity contribution is 0.703. The van der Waals surface area contributed by atoms with Crippen molar-refractivity contribution in [2.24, 2.45) is 12.1 Å². The Morgan fingerprint density at radius 3 is 2.88 bits per heavy atom. The molecule has 1 heterocycles. The summed E-state index contributed by atoms with van der Waals surface area (Å²) in [6.45, 7) is 0. The van der Waals surface area contributed by atoms with Crippen LogP contribution in [0.2, 0.25) is 0 Å². The molecule has 0 aromatic carbocycles. The molecule has 1 saturated carbocycles. The molecule has 2 rings (SSSR count). The summed E-state index contributed by atoms with van der Waals surface area (Å²) in [6.07, 6.45) is 10.9. The van der Waals surface area contributed by atoms with Gasteiger partial charge in [0.15, 0.2) is 0 Å². The van der Waals surface area contributed by atoms with Gasteiger partial charge in [0.1, 0.15) is 4.47 Å². The lowest BCUT2D eigenvalue weighted by atomic mass is 10.1. The van der Waals surface area contributed by atoms with Crippen LogP contribution < -0.4 is 11.0 Å². The van der Waals surface area contributed by atoms with E-state index in [1.165, 1.54) is 10.9 Å². The average Bonchev–Trinajstić information content (AvgIpc) is 2.82. The van der Waals surface area contributed by atoms with Crippen LogP contribution in [-0.4, -0.2) is 16.0 Å². The first-order valence-electron chi connectivity index (χ1n) is 4.91. The van der Waals surface area contributed by atoms with E-state index in [9.17, 15) is 4.79 Å². The summed E-state index contributed by atoms with van der Waals surface area (Å²) in [5, 5.41) is 7.92. The molecular formula is C11H10BrN4O. The van der Waals surface area contributed by atoms with Gasteiger partial charge in [-0.05, 0) is 41.6 Å². The normalized spacial score (nSPS) is 16.8. The Balaban J connectivity index is 2.04. The van der Waals surface area contributed by atoms with Gasteiger partial charge < -0.3 is 0 Å². The maximum absolute atomic E-state index is 11.5. The largest absolute Gasteiger partial charge is 0.282 e. The Bertz CT molecular complexity index is 477. The van der Waals surface area contributed by atoms with E-state index >= 15 is 0 Å². The van der Waals surface area contributed by atoms with Crippen molar-refractivity contribution in [1.82, 2.24) is 9.78 Å². The molecule has 1 fully saturated rings. The van der Waals surface area contributed by atoms with Crippen LogP contribution in [0.4, 0.5) is 5.69 Å².